The van der Waals surface area contributed by atoms with Crippen molar-refractivity contribution >= 4 is 34.6 Å². The largest absolute Gasteiger partial charge is 0.485 e. The molecule has 2 atom stereocenters. The number of benzene rings is 1. The second kappa shape index (κ2) is 7.83. The highest BCUT2D eigenvalue weighted by atomic mass is 35.5. The fraction of sp³-hybridized carbons (Fsp3) is 0.450. The molecule has 1 aliphatic rings. The summed E-state index contributed by atoms with van der Waals surface area (Å²) in [6.07, 6.45) is -0.761. The number of likely N-dealkylation sites (tertiary alicyclic amines) is 1. The molecular weight excluding hydrogens is 384 g/mol. The van der Waals surface area contributed by atoms with Crippen LogP contribution in [0, 0.1) is 0 Å². The number of hydrogen-bond acceptors (Lipinski definition) is 6. The number of esters is 1. The summed E-state index contributed by atoms with van der Waals surface area (Å²) in [7, 11) is 1.29. The van der Waals surface area contributed by atoms with E-state index in [1.54, 1.807) is 26.8 Å². The Bertz CT molecular complexity index is 896. The number of fused-ring (bicyclic) bond motifs is 1. The van der Waals surface area contributed by atoms with Crippen molar-refractivity contribution in [3.63, 3.8) is 0 Å². The van der Waals surface area contributed by atoms with Gasteiger partial charge in [0.05, 0.1) is 19.2 Å². The molecule has 0 unspecified atom stereocenters. The van der Waals surface area contributed by atoms with Crippen molar-refractivity contribution in [2.45, 2.75) is 44.9 Å². The molecule has 0 N–H and O–H groups in total. The molecule has 28 heavy (non-hydrogen) atoms. The van der Waals surface area contributed by atoms with Crippen molar-refractivity contribution in [3.8, 4) is 5.75 Å². The van der Waals surface area contributed by atoms with Gasteiger partial charge < -0.3 is 14.2 Å². The number of amides is 1. The molecule has 3 rings (SSSR count). The van der Waals surface area contributed by atoms with E-state index in [4.69, 9.17) is 25.8 Å². The van der Waals surface area contributed by atoms with Crippen LogP contribution in [0.3, 0.4) is 0 Å². The zero-order valence-corrected chi connectivity index (χ0v) is 17.0. The average molecular weight is 407 g/mol. The summed E-state index contributed by atoms with van der Waals surface area (Å²) in [4.78, 5) is 30.4. The fourth-order valence-electron chi connectivity index (χ4n) is 3.10. The van der Waals surface area contributed by atoms with E-state index in [0.717, 1.165) is 10.9 Å². The molecule has 2 heterocycles. The van der Waals surface area contributed by atoms with Gasteiger partial charge in [0.15, 0.2) is 10.9 Å². The quantitative estimate of drug-likeness (QED) is 0.569. The van der Waals surface area contributed by atoms with Gasteiger partial charge in [0, 0.05) is 11.8 Å². The van der Waals surface area contributed by atoms with E-state index in [2.05, 4.69) is 4.98 Å². The lowest BCUT2D eigenvalue weighted by Gasteiger charge is -2.27. The molecule has 1 aromatic carbocycles. The standard InChI is InChI=1S/C20H23ClN2O5/c1-20(2,3)28-19(25)23-11-13(10-15(23)18(24)26-4)27-16-9-12-7-5-6-8-14(12)22-17(16)21/h5-9,13,15H,10-11H2,1-4H3/t13-,15+/m1/s1. The van der Waals surface area contributed by atoms with E-state index in [-0.39, 0.29) is 18.1 Å². The normalized spacial score (nSPS) is 19.5. The first kappa shape index (κ1) is 20.2. The molecule has 8 heteroatoms. The maximum Gasteiger partial charge on any atom is 0.411 e. The van der Waals surface area contributed by atoms with E-state index in [9.17, 15) is 9.59 Å². The molecule has 2 aromatic rings. The van der Waals surface area contributed by atoms with Crippen LogP contribution in [-0.4, -0.2) is 53.3 Å². The van der Waals surface area contributed by atoms with E-state index >= 15 is 0 Å². The van der Waals surface area contributed by atoms with Crippen LogP contribution in [0.15, 0.2) is 30.3 Å². The van der Waals surface area contributed by atoms with E-state index in [1.165, 1.54) is 12.0 Å². The second-order valence-electron chi connectivity index (χ2n) is 7.62. The number of methoxy groups -OCH3 is 1. The predicted molar refractivity (Wildman–Crippen MR) is 105 cm³/mol. The summed E-state index contributed by atoms with van der Waals surface area (Å²) in [5.74, 6) is -0.111. The van der Waals surface area contributed by atoms with Crippen LogP contribution in [0.5, 0.6) is 5.75 Å². The molecule has 1 aromatic heterocycles. The minimum atomic E-state index is -0.781. The Labute approximate surface area is 168 Å². The maximum atomic E-state index is 12.5. The molecule has 1 fully saturated rings. The third-order valence-corrected chi connectivity index (χ3v) is 4.57. The lowest BCUT2D eigenvalue weighted by Crippen LogP contribution is -2.44. The fourth-order valence-corrected chi connectivity index (χ4v) is 3.29. The SMILES string of the molecule is COC(=O)[C@@H]1C[C@@H](Oc2cc3ccccc3nc2Cl)CN1C(=O)OC(C)(C)C. The minimum absolute atomic E-state index is 0.178. The molecule has 7 nitrogen and oxygen atoms in total. The molecule has 1 saturated heterocycles. The highest BCUT2D eigenvalue weighted by molar-refractivity contribution is 6.31. The van der Waals surface area contributed by atoms with Crippen LogP contribution in [0.25, 0.3) is 10.9 Å². The minimum Gasteiger partial charge on any atom is -0.485 e. The van der Waals surface area contributed by atoms with Crippen molar-refractivity contribution in [2.24, 2.45) is 0 Å². The van der Waals surface area contributed by atoms with Gasteiger partial charge in [-0.1, -0.05) is 29.8 Å². The summed E-state index contributed by atoms with van der Waals surface area (Å²) < 4.78 is 16.3. The third-order valence-electron chi connectivity index (χ3n) is 4.30. The summed E-state index contributed by atoms with van der Waals surface area (Å²) in [6.45, 7) is 5.48. The van der Waals surface area contributed by atoms with Crippen molar-refractivity contribution in [1.82, 2.24) is 9.88 Å². The van der Waals surface area contributed by atoms with Crippen molar-refractivity contribution < 1.29 is 23.8 Å². The number of aromatic nitrogens is 1. The van der Waals surface area contributed by atoms with Gasteiger partial charge >= 0.3 is 12.1 Å². The van der Waals surface area contributed by atoms with Crippen molar-refractivity contribution in [2.75, 3.05) is 13.7 Å². The Kier molecular flexibility index (Phi) is 5.65. The number of carbonyl (C=O) groups is 2. The lowest BCUT2D eigenvalue weighted by molar-refractivity contribution is -0.145. The first-order valence-electron chi connectivity index (χ1n) is 8.97. The van der Waals surface area contributed by atoms with Crippen LogP contribution in [0.1, 0.15) is 27.2 Å². The number of halogens is 1. The zero-order valence-electron chi connectivity index (χ0n) is 16.3. The van der Waals surface area contributed by atoms with E-state index < -0.39 is 29.8 Å². The Morgan fingerprint density at radius 3 is 2.64 bits per heavy atom. The molecule has 150 valence electrons. The van der Waals surface area contributed by atoms with Gasteiger partial charge in [-0.25, -0.2) is 14.6 Å². The molecule has 1 amide bonds. The van der Waals surface area contributed by atoms with Gasteiger partial charge in [0.25, 0.3) is 0 Å². The summed E-state index contributed by atoms with van der Waals surface area (Å²) >= 11 is 6.26. The first-order valence-corrected chi connectivity index (χ1v) is 9.35. The topological polar surface area (TPSA) is 78.0 Å². The Hall–Kier alpha value is -2.54. The molecule has 0 spiro atoms. The van der Waals surface area contributed by atoms with Gasteiger partial charge in [0.1, 0.15) is 17.7 Å². The molecule has 0 radical (unpaired) electrons. The second-order valence-corrected chi connectivity index (χ2v) is 7.98. The monoisotopic (exact) mass is 406 g/mol. The molecule has 1 aliphatic heterocycles. The van der Waals surface area contributed by atoms with Gasteiger partial charge in [-0.3, -0.25) is 4.90 Å². The molecule has 0 bridgehead atoms. The predicted octanol–water partition coefficient (Wildman–Crippen LogP) is 3.82. The smallest absolute Gasteiger partial charge is 0.411 e. The van der Waals surface area contributed by atoms with Crippen LogP contribution >= 0.6 is 11.6 Å². The Morgan fingerprint density at radius 2 is 1.96 bits per heavy atom. The number of hydrogen-bond donors (Lipinski definition) is 0. The highest BCUT2D eigenvalue weighted by Gasteiger charge is 2.43. The van der Waals surface area contributed by atoms with Gasteiger partial charge in [0.2, 0.25) is 0 Å². The Balaban J connectivity index is 1.80. The zero-order chi connectivity index (χ0) is 20.5. The van der Waals surface area contributed by atoms with E-state index in [0.29, 0.717) is 5.75 Å². The average Bonchev–Trinajstić information content (AvgIpc) is 3.04. The molecule has 0 aliphatic carbocycles. The number of ether oxygens (including phenoxy) is 3. The highest BCUT2D eigenvalue weighted by Crippen LogP contribution is 2.31. The van der Waals surface area contributed by atoms with Crippen molar-refractivity contribution in [1.29, 1.82) is 0 Å². The van der Waals surface area contributed by atoms with Gasteiger partial charge in [-0.15, -0.1) is 0 Å². The van der Waals surface area contributed by atoms with E-state index in [1.807, 2.05) is 24.3 Å². The Morgan fingerprint density at radius 1 is 1.25 bits per heavy atom. The van der Waals surface area contributed by atoms with Crippen LogP contribution in [0.2, 0.25) is 5.15 Å². The van der Waals surface area contributed by atoms with Gasteiger partial charge in [-0.2, -0.15) is 0 Å². The summed E-state index contributed by atoms with van der Waals surface area (Å²) in [6, 6.07) is 8.56. The number of carbonyl (C=O) groups excluding carboxylic acids is 2. The number of nitrogens with zero attached hydrogens (tertiary/aromatic N) is 2. The van der Waals surface area contributed by atoms with Crippen LogP contribution in [-0.2, 0) is 14.3 Å². The first-order chi connectivity index (χ1) is 13.2. The maximum absolute atomic E-state index is 12.5. The number of pyridine rings is 1. The summed E-state index contributed by atoms with van der Waals surface area (Å²) in [5, 5.41) is 1.11. The third kappa shape index (κ3) is 4.47. The summed E-state index contributed by atoms with van der Waals surface area (Å²) in [5.41, 5.74) is 0.0801. The molecule has 0 saturated carbocycles. The van der Waals surface area contributed by atoms with Gasteiger partial charge in [-0.05, 0) is 32.9 Å². The van der Waals surface area contributed by atoms with Crippen LogP contribution in [0.4, 0.5) is 4.79 Å². The molecular formula is C20H23ClN2O5. The lowest BCUT2D eigenvalue weighted by atomic mass is 10.2. The van der Waals surface area contributed by atoms with Crippen molar-refractivity contribution in [3.05, 3.63) is 35.5 Å². The van der Waals surface area contributed by atoms with Crippen LogP contribution < -0.4 is 4.74 Å². The number of para-hydroxylation sites is 1. The number of rotatable bonds is 3.